The second-order valence-electron chi connectivity index (χ2n) is 5.00. The van der Waals surface area contributed by atoms with Crippen LogP contribution in [0.1, 0.15) is 19.3 Å². The van der Waals surface area contributed by atoms with Crippen molar-refractivity contribution in [3.8, 4) is 5.88 Å². The van der Waals surface area contributed by atoms with Crippen LogP contribution in [0.15, 0.2) is 6.33 Å². The first-order valence-electron chi connectivity index (χ1n) is 6.43. The van der Waals surface area contributed by atoms with E-state index in [0.717, 1.165) is 19.0 Å². The maximum Gasteiger partial charge on any atom is 0.242 e. The normalized spacial score (nSPS) is 24.2. The summed E-state index contributed by atoms with van der Waals surface area (Å²) in [6.07, 6.45) is 5.33. The van der Waals surface area contributed by atoms with Crippen LogP contribution >= 0.6 is 0 Å². The lowest BCUT2D eigenvalue weighted by Crippen LogP contribution is -2.28. The van der Waals surface area contributed by atoms with E-state index in [2.05, 4.69) is 20.2 Å². The van der Waals surface area contributed by atoms with Gasteiger partial charge in [0.2, 0.25) is 5.88 Å². The van der Waals surface area contributed by atoms with E-state index in [9.17, 15) is 0 Å². The predicted molar refractivity (Wildman–Crippen MR) is 69.6 cm³/mol. The average Bonchev–Trinajstić information content (AvgIpc) is 3.13. The molecule has 1 aromatic rings. The predicted octanol–water partition coefficient (Wildman–Crippen LogP) is 0.716. The number of nitrogens with zero attached hydrogens (tertiary/aromatic N) is 3. The zero-order chi connectivity index (χ0) is 12.5. The number of nitrogens with one attached hydrogen (secondary N) is 1. The van der Waals surface area contributed by atoms with E-state index in [-0.39, 0.29) is 0 Å². The van der Waals surface area contributed by atoms with Crippen molar-refractivity contribution < 1.29 is 4.74 Å². The molecule has 0 spiro atoms. The highest BCUT2D eigenvalue weighted by Crippen LogP contribution is 2.31. The quantitative estimate of drug-likeness (QED) is 0.818. The van der Waals surface area contributed by atoms with Crippen molar-refractivity contribution in [2.24, 2.45) is 0 Å². The number of anilines is 2. The molecule has 0 radical (unpaired) electrons. The molecule has 18 heavy (non-hydrogen) atoms. The van der Waals surface area contributed by atoms with E-state index in [1.54, 1.807) is 7.11 Å². The standard InChI is InChI=1S/C12H19N5O/c1-18-12-10(13)11(14-7-15-12)16-8-4-5-17(6-8)9-2-3-9/h7-9H,2-6,13H2,1H3,(H,14,15,16). The Morgan fingerprint density at radius 1 is 1.39 bits per heavy atom. The topological polar surface area (TPSA) is 76.3 Å². The lowest BCUT2D eigenvalue weighted by atomic mass is 10.2. The van der Waals surface area contributed by atoms with Crippen molar-refractivity contribution in [2.75, 3.05) is 31.2 Å². The molecule has 3 rings (SSSR count). The van der Waals surface area contributed by atoms with Crippen LogP contribution < -0.4 is 15.8 Å². The number of hydrogen-bond acceptors (Lipinski definition) is 6. The summed E-state index contributed by atoms with van der Waals surface area (Å²) in [4.78, 5) is 10.7. The third-order valence-electron chi connectivity index (χ3n) is 3.66. The van der Waals surface area contributed by atoms with Crippen molar-refractivity contribution in [3.05, 3.63) is 6.33 Å². The van der Waals surface area contributed by atoms with Crippen molar-refractivity contribution in [1.82, 2.24) is 14.9 Å². The zero-order valence-corrected chi connectivity index (χ0v) is 10.6. The first-order chi connectivity index (χ1) is 8.78. The van der Waals surface area contributed by atoms with E-state index in [1.807, 2.05) is 0 Å². The molecule has 1 saturated heterocycles. The minimum absolute atomic E-state index is 0.424. The Morgan fingerprint density at radius 3 is 2.94 bits per heavy atom. The SMILES string of the molecule is COc1ncnc(NC2CCN(C3CC3)C2)c1N. The van der Waals surface area contributed by atoms with E-state index in [1.165, 1.54) is 25.7 Å². The van der Waals surface area contributed by atoms with Crippen LogP contribution in [0.5, 0.6) is 5.88 Å². The molecule has 3 N–H and O–H groups in total. The van der Waals surface area contributed by atoms with Gasteiger partial charge in [-0.25, -0.2) is 4.98 Å². The summed E-state index contributed by atoms with van der Waals surface area (Å²) < 4.78 is 5.09. The third-order valence-corrected chi connectivity index (χ3v) is 3.66. The van der Waals surface area contributed by atoms with Crippen LogP contribution in [0.3, 0.4) is 0 Å². The van der Waals surface area contributed by atoms with Crippen molar-refractivity contribution in [2.45, 2.75) is 31.3 Å². The molecule has 1 atom stereocenters. The molecule has 2 heterocycles. The van der Waals surface area contributed by atoms with Gasteiger partial charge in [-0.1, -0.05) is 0 Å². The van der Waals surface area contributed by atoms with Gasteiger partial charge in [-0.3, -0.25) is 4.90 Å². The van der Waals surface area contributed by atoms with Gasteiger partial charge in [0.05, 0.1) is 7.11 Å². The van der Waals surface area contributed by atoms with E-state index < -0.39 is 0 Å². The Kier molecular flexibility index (Phi) is 2.95. The number of methoxy groups -OCH3 is 1. The Hall–Kier alpha value is -1.56. The van der Waals surface area contributed by atoms with Gasteiger partial charge in [-0.15, -0.1) is 0 Å². The van der Waals surface area contributed by atoms with E-state index >= 15 is 0 Å². The van der Waals surface area contributed by atoms with Crippen LogP contribution in [0.2, 0.25) is 0 Å². The van der Waals surface area contributed by atoms with Crippen LogP contribution in [0.4, 0.5) is 11.5 Å². The molecule has 0 aromatic carbocycles. The second kappa shape index (κ2) is 4.61. The maximum atomic E-state index is 5.95. The summed E-state index contributed by atoms with van der Waals surface area (Å²) in [5, 5.41) is 3.40. The van der Waals surface area contributed by atoms with E-state index in [4.69, 9.17) is 10.5 Å². The van der Waals surface area contributed by atoms with Crippen molar-refractivity contribution >= 4 is 11.5 Å². The number of aromatic nitrogens is 2. The van der Waals surface area contributed by atoms with Crippen LogP contribution in [0.25, 0.3) is 0 Å². The first kappa shape index (κ1) is 11.5. The summed E-state index contributed by atoms with van der Waals surface area (Å²) in [6, 6.07) is 1.25. The highest BCUT2D eigenvalue weighted by atomic mass is 16.5. The molecule has 2 fully saturated rings. The van der Waals surface area contributed by atoms with Crippen LogP contribution in [0, 0.1) is 0 Å². The third kappa shape index (κ3) is 2.20. The van der Waals surface area contributed by atoms with Gasteiger partial charge in [0, 0.05) is 25.2 Å². The molecule has 0 amide bonds. The highest BCUT2D eigenvalue weighted by molar-refractivity contribution is 5.66. The van der Waals surface area contributed by atoms with Crippen molar-refractivity contribution in [3.63, 3.8) is 0 Å². The lowest BCUT2D eigenvalue weighted by Gasteiger charge is -2.17. The first-order valence-corrected chi connectivity index (χ1v) is 6.43. The van der Waals surface area contributed by atoms with Gasteiger partial charge in [0.25, 0.3) is 0 Å². The summed E-state index contributed by atoms with van der Waals surface area (Å²) >= 11 is 0. The van der Waals surface area contributed by atoms with Gasteiger partial charge >= 0.3 is 0 Å². The molecule has 98 valence electrons. The van der Waals surface area contributed by atoms with Gasteiger partial charge < -0.3 is 15.8 Å². The molecule has 1 aromatic heterocycles. The summed E-state index contributed by atoms with van der Waals surface area (Å²) in [6.45, 7) is 2.25. The minimum atomic E-state index is 0.424. The maximum absolute atomic E-state index is 5.95. The summed E-state index contributed by atoms with van der Waals surface area (Å²) in [5.74, 6) is 1.12. The number of nitrogen functional groups attached to an aromatic ring is 1. The van der Waals surface area contributed by atoms with E-state index in [0.29, 0.717) is 23.4 Å². The smallest absolute Gasteiger partial charge is 0.242 e. The number of rotatable bonds is 4. The van der Waals surface area contributed by atoms with Gasteiger partial charge in [-0.05, 0) is 19.3 Å². The fourth-order valence-corrected chi connectivity index (χ4v) is 2.53. The van der Waals surface area contributed by atoms with Gasteiger partial charge in [0.1, 0.15) is 12.0 Å². The molecule has 6 heteroatoms. The minimum Gasteiger partial charge on any atom is -0.479 e. The molecule has 1 unspecified atom stereocenters. The number of ether oxygens (including phenoxy) is 1. The molecule has 2 aliphatic rings. The van der Waals surface area contributed by atoms with Crippen LogP contribution in [-0.2, 0) is 0 Å². The van der Waals surface area contributed by atoms with Gasteiger partial charge in [-0.2, -0.15) is 4.98 Å². The molecule has 1 aliphatic heterocycles. The number of nitrogens with two attached hydrogens (primary N) is 1. The Labute approximate surface area is 107 Å². The summed E-state index contributed by atoms with van der Waals surface area (Å²) in [7, 11) is 1.56. The number of likely N-dealkylation sites (tertiary alicyclic amines) is 1. The highest BCUT2D eigenvalue weighted by Gasteiger charge is 2.34. The largest absolute Gasteiger partial charge is 0.479 e. The Bertz CT molecular complexity index is 434. The zero-order valence-electron chi connectivity index (χ0n) is 10.6. The molecule has 1 saturated carbocycles. The monoisotopic (exact) mass is 249 g/mol. The fourth-order valence-electron chi connectivity index (χ4n) is 2.53. The lowest BCUT2D eigenvalue weighted by molar-refractivity contribution is 0.326. The Morgan fingerprint density at radius 2 is 2.22 bits per heavy atom. The molecule has 1 aliphatic carbocycles. The summed E-state index contributed by atoms with van der Waals surface area (Å²) in [5.41, 5.74) is 6.44. The molecule has 6 nitrogen and oxygen atoms in total. The molecular formula is C12H19N5O. The van der Waals surface area contributed by atoms with Crippen molar-refractivity contribution in [1.29, 1.82) is 0 Å². The van der Waals surface area contributed by atoms with Crippen LogP contribution in [-0.4, -0.2) is 47.2 Å². The molecular weight excluding hydrogens is 230 g/mol. The van der Waals surface area contributed by atoms with Gasteiger partial charge in [0.15, 0.2) is 5.82 Å². The Balaban J connectivity index is 1.65. The molecule has 0 bridgehead atoms. The fraction of sp³-hybridized carbons (Fsp3) is 0.667. The second-order valence-corrected chi connectivity index (χ2v) is 5.00. The average molecular weight is 249 g/mol. The number of hydrogen-bond donors (Lipinski definition) is 2.